The minimum absolute atomic E-state index is 0.0463. The van der Waals surface area contributed by atoms with Gasteiger partial charge in [0.05, 0.1) is 25.3 Å². The maximum Gasteiger partial charge on any atom is 0.388 e. The number of carboxylic acids is 1. The highest BCUT2D eigenvalue weighted by molar-refractivity contribution is 6.01. The summed E-state index contributed by atoms with van der Waals surface area (Å²) in [5.74, 6) is 0.823. The van der Waals surface area contributed by atoms with Gasteiger partial charge in [-0.3, -0.25) is 9.59 Å². The Labute approximate surface area is 372 Å². The summed E-state index contributed by atoms with van der Waals surface area (Å²) >= 11 is 0. The van der Waals surface area contributed by atoms with Gasteiger partial charge in [-0.15, -0.1) is 0 Å². The molecule has 0 aliphatic carbocycles. The van der Waals surface area contributed by atoms with E-state index in [1.807, 2.05) is 18.2 Å². The molecule has 11 heteroatoms. The monoisotopic (exact) mass is 877 g/mol. The number of halogens is 4. The maximum atomic E-state index is 13.4. The number of unbranched alkanes of at least 4 members (excludes halogenated alkanes) is 1. The lowest BCUT2D eigenvalue weighted by Crippen LogP contribution is -2.39. The molecule has 2 bridgehead atoms. The van der Waals surface area contributed by atoms with Crippen LogP contribution in [-0.2, 0) is 11.2 Å². The first-order valence-electron chi connectivity index (χ1n) is 22.0. The second-order valence-electron chi connectivity index (χ2n) is 16.6. The van der Waals surface area contributed by atoms with Crippen molar-refractivity contribution < 1.29 is 41.7 Å². The van der Waals surface area contributed by atoms with Gasteiger partial charge in [-0.25, -0.2) is 4.39 Å². The molecule has 4 aromatic carbocycles. The predicted octanol–water partition coefficient (Wildman–Crippen LogP) is 13.5. The number of alkyl halides is 3. The number of nitrogens with zero attached hydrogens (tertiary/aromatic N) is 1. The van der Waals surface area contributed by atoms with Crippen LogP contribution in [0.4, 0.5) is 17.6 Å². The summed E-state index contributed by atoms with van der Waals surface area (Å²) in [5.41, 5.74) is 11.3. The number of nitrogens with two attached hydrogens (primary N) is 1. The van der Waals surface area contributed by atoms with E-state index in [-0.39, 0.29) is 12.0 Å². The summed E-state index contributed by atoms with van der Waals surface area (Å²) in [4.78, 5) is 24.6. The number of rotatable bonds is 13. The Bertz CT molecular complexity index is 2120. The number of benzene rings is 4. The summed E-state index contributed by atoms with van der Waals surface area (Å²) < 4.78 is 57.6. The predicted molar refractivity (Wildman–Crippen MR) is 249 cm³/mol. The van der Waals surface area contributed by atoms with E-state index in [4.69, 9.17) is 20.3 Å². The van der Waals surface area contributed by atoms with Crippen molar-refractivity contribution in [3.05, 3.63) is 113 Å². The number of aliphatic carboxylic acids is 1. The molecule has 63 heavy (non-hydrogen) atoms. The Kier molecular flexibility index (Phi) is 20.4. The first-order valence-corrected chi connectivity index (χ1v) is 22.0. The highest BCUT2D eigenvalue weighted by Gasteiger charge is 2.39. The van der Waals surface area contributed by atoms with Gasteiger partial charge in [0, 0.05) is 24.9 Å². The Hall–Kier alpha value is -5.16. The van der Waals surface area contributed by atoms with Crippen molar-refractivity contribution in [2.75, 3.05) is 21.3 Å². The van der Waals surface area contributed by atoms with Crippen molar-refractivity contribution in [1.29, 1.82) is 0 Å². The van der Waals surface area contributed by atoms with Crippen molar-refractivity contribution >= 4 is 28.2 Å². The van der Waals surface area contributed by atoms with Gasteiger partial charge in [0.1, 0.15) is 17.3 Å². The number of aryl methyl sites for hydroxylation is 2. The summed E-state index contributed by atoms with van der Waals surface area (Å²) in [6.07, 6.45) is 9.25. The van der Waals surface area contributed by atoms with Gasteiger partial charge in [0.15, 0.2) is 0 Å². The first-order chi connectivity index (χ1) is 29.8. The van der Waals surface area contributed by atoms with E-state index in [2.05, 4.69) is 81.8 Å². The summed E-state index contributed by atoms with van der Waals surface area (Å²) in [7, 11) is 5.72. The van der Waals surface area contributed by atoms with E-state index >= 15 is 0 Å². The SMILES string of the molecule is C=C(C)c1cc(C)c(C(N)=O)c(F)c1.CCC(F)(F)F.CCC/C=C\C(C)CC.COc1cc(C2CC3CCC(C2)N3C)cc(OC)c1-c1cccc2c(CCC(=O)O)cccc12. The van der Waals surface area contributed by atoms with Crippen molar-refractivity contribution in [3.8, 4) is 22.6 Å². The lowest BCUT2D eigenvalue weighted by molar-refractivity contribution is -0.137. The minimum atomic E-state index is -3.96. The van der Waals surface area contributed by atoms with Crippen LogP contribution >= 0.6 is 0 Å². The molecule has 2 saturated heterocycles. The molecule has 3 unspecified atom stereocenters. The molecule has 2 aliphatic rings. The lowest BCUT2D eigenvalue weighted by Gasteiger charge is -2.36. The smallest absolute Gasteiger partial charge is 0.388 e. The molecule has 1 amide bonds. The number of primary amides is 1. The lowest BCUT2D eigenvalue weighted by atomic mass is 9.84. The molecule has 6 rings (SSSR count). The van der Waals surface area contributed by atoms with Crippen LogP contribution < -0.4 is 15.2 Å². The third-order valence-electron chi connectivity index (χ3n) is 12.0. The number of hydrogen-bond donors (Lipinski definition) is 2. The quantitative estimate of drug-likeness (QED) is 0.102. The zero-order valence-corrected chi connectivity index (χ0v) is 38.6. The molecule has 2 heterocycles. The largest absolute Gasteiger partial charge is 0.496 e. The maximum absolute atomic E-state index is 13.4. The summed E-state index contributed by atoms with van der Waals surface area (Å²) in [5, 5.41) is 11.3. The minimum Gasteiger partial charge on any atom is -0.496 e. The van der Waals surface area contributed by atoms with Crippen LogP contribution in [0.1, 0.15) is 131 Å². The van der Waals surface area contributed by atoms with Crippen LogP contribution in [-0.4, -0.2) is 61.4 Å². The number of carbonyl (C=O) groups excluding carboxylic acids is 1. The highest BCUT2D eigenvalue weighted by Crippen LogP contribution is 2.48. The number of carboxylic acid groups (broad SMARTS) is 1. The molecule has 0 radical (unpaired) electrons. The average molecular weight is 877 g/mol. The number of ether oxygens (including phenoxy) is 2. The molecule has 3 N–H and O–H groups in total. The fourth-order valence-electron chi connectivity index (χ4n) is 8.10. The molecule has 3 atom stereocenters. The highest BCUT2D eigenvalue weighted by atomic mass is 19.4. The van der Waals surface area contributed by atoms with Gasteiger partial charge in [-0.1, -0.05) is 107 Å². The van der Waals surface area contributed by atoms with E-state index in [0.29, 0.717) is 35.5 Å². The van der Waals surface area contributed by atoms with E-state index in [1.165, 1.54) is 56.6 Å². The molecule has 7 nitrogen and oxygen atoms in total. The molecule has 0 spiro atoms. The van der Waals surface area contributed by atoms with Crippen molar-refractivity contribution in [1.82, 2.24) is 4.90 Å². The van der Waals surface area contributed by atoms with Crippen LogP contribution in [0.3, 0.4) is 0 Å². The fraction of sp³-hybridized carbons (Fsp3) is 0.462. The number of piperidine rings is 1. The molecule has 0 aromatic heterocycles. The number of methoxy groups -OCH3 is 2. The second-order valence-corrected chi connectivity index (χ2v) is 16.6. The number of amides is 1. The third kappa shape index (κ3) is 15.0. The Morgan fingerprint density at radius 3 is 2.02 bits per heavy atom. The zero-order valence-electron chi connectivity index (χ0n) is 38.6. The van der Waals surface area contributed by atoms with Crippen molar-refractivity contribution in [2.45, 2.75) is 130 Å². The first kappa shape index (κ1) is 52.2. The van der Waals surface area contributed by atoms with Crippen molar-refractivity contribution in [3.63, 3.8) is 0 Å². The van der Waals surface area contributed by atoms with Crippen LogP contribution in [0.2, 0.25) is 0 Å². The van der Waals surface area contributed by atoms with Crippen LogP contribution in [0.15, 0.2) is 79.4 Å². The van der Waals surface area contributed by atoms with Gasteiger partial charge in [-0.2, -0.15) is 13.2 Å². The molecule has 4 aromatic rings. The summed E-state index contributed by atoms with van der Waals surface area (Å²) in [6.45, 7) is 14.9. The van der Waals surface area contributed by atoms with Gasteiger partial charge >= 0.3 is 12.1 Å². The third-order valence-corrected chi connectivity index (χ3v) is 12.0. The van der Waals surface area contributed by atoms with E-state index in [1.54, 1.807) is 34.1 Å². The van der Waals surface area contributed by atoms with Gasteiger partial charge < -0.3 is 25.2 Å². The number of allylic oxidation sites excluding steroid dienone is 3. The average Bonchev–Trinajstić information content (AvgIpc) is 3.42. The Balaban J connectivity index is 0.000000298. The van der Waals surface area contributed by atoms with Gasteiger partial charge in [0.25, 0.3) is 5.91 Å². The van der Waals surface area contributed by atoms with Gasteiger partial charge in [0.2, 0.25) is 0 Å². The zero-order chi connectivity index (χ0) is 47.0. The molecular weight excluding hydrogens is 809 g/mol. The number of fused-ring (bicyclic) bond motifs is 3. The van der Waals surface area contributed by atoms with Crippen LogP contribution in [0, 0.1) is 18.7 Å². The van der Waals surface area contributed by atoms with Gasteiger partial charge in [-0.05, 0) is 128 Å². The fourth-order valence-corrected chi connectivity index (χ4v) is 8.10. The second kappa shape index (κ2) is 24.6. The van der Waals surface area contributed by atoms with E-state index in [9.17, 15) is 27.2 Å². The Morgan fingerprint density at radius 2 is 1.54 bits per heavy atom. The molecule has 2 aliphatic heterocycles. The summed E-state index contributed by atoms with van der Waals surface area (Å²) in [6, 6.07) is 21.0. The standard InChI is InChI=1S/C29H33NO4.C11H12FNO.C9H18.C3H5F3/c1-30-21-11-12-22(30)15-19(14-21)20-16-26(33-2)29(27(17-20)34-3)25-9-5-7-23-18(10-13-28(31)32)6-4-8-24(23)25;1-6(2)8-4-7(3)10(11(13)14)9(12)5-8;1-4-6-7-8-9(3)5-2;1-2-3(4,5)6/h4-9,16-17,19,21-22H,10-15H2,1-3H3,(H,31,32);4-5H,1H2,2-3H3,(H2,13,14);7-9H,4-6H2,1-3H3;2H2,1H3/b;;8-7-;. The molecule has 344 valence electrons. The number of carbonyl (C=O) groups is 2. The van der Waals surface area contributed by atoms with Crippen molar-refractivity contribution in [2.24, 2.45) is 11.7 Å². The molecule has 0 saturated carbocycles. The Morgan fingerprint density at radius 1 is 0.968 bits per heavy atom. The molecular formula is C52H68F4N2O5. The van der Waals surface area contributed by atoms with Crippen LogP contribution in [0.5, 0.6) is 11.5 Å². The van der Waals surface area contributed by atoms with E-state index < -0.39 is 30.3 Å². The molecule has 2 fully saturated rings. The topological polar surface area (TPSA) is 102 Å². The number of hydrogen-bond acceptors (Lipinski definition) is 5. The van der Waals surface area contributed by atoms with E-state index in [0.717, 1.165) is 57.4 Å². The van der Waals surface area contributed by atoms with Crippen LogP contribution in [0.25, 0.3) is 27.5 Å². The normalized spacial score (nSPS) is 17.4.